The molecule has 3 N–H and O–H groups in total. The summed E-state index contributed by atoms with van der Waals surface area (Å²) < 4.78 is 0. The van der Waals surface area contributed by atoms with Gasteiger partial charge in [-0.15, -0.1) is 0 Å². The smallest absolute Gasteiger partial charge is 0.272 e. The van der Waals surface area contributed by atoms with Crippen molar-refractivity contribution in [3.05, 3.63) is 24.0 Å². The van der Waals surface area contributed by atoms with Crippen molar-refractivity contribution in [1.29, 1.82) is 0 Å². The number of hydrogen-bond donors (Lipinski definition) is 2. The minimum Gasteiger partial charge on any atom is -0.397 e. The van der Waals surface area contributed by atoms with Gasteiger partial charge in [-0.2, -0.15) is 0 Å². The van der Waals surface area contributed by atoms with Crippen LogP contribution in [-0.2, 0) is 4.79 Å². The van der Waals surface area contributed by atoms with Crippen LogP contribution < -0.4 is 11.1 Å². The van der Waals surface area contributed by atoms with Crippen LogP contribution in [0, 0.1) is 0 Å². The monoisotopic (exact) mass is 248 g/mol. The van der Waals surface area contributed by atoms with Gasteiger partial charge in [-0.3, -0.25) is 9.59 Å². The molecule has 1 atom stereocenters. The first kappa shape index (κ1) is 12.3. The molecule has 1 aromatic heterocycles. The van der Waals surface area contributed by atoms with Crippen LogP contribution in [0.1, 0.15) is 23.8 Å². The minimum atomic E-state index is -0.122. The molecular weight excluding hydrogens is 232 g/mol. The summed E-state index contributed by atoms with van der Waals surface area (Å²) in [7, 11) is 0. The van der Waals surface area contributed by atoms with Gasteiger partial charge in [0.25, 0.3) is 5.91 Å². The number of rotatable bonds is 2. The number of amides is 2. The van der Waals surface area contributed by atoms with Crippen molar-refractivity contribution in [2.75, 3.05) is 18.8 Å². The molecule has 0 saturated carbocycles. The summed E-state index contributed by atoms with van der Waals surface area (Å²) in [5, 5.41) is 2.81. The second-order valence-electron chi connectivity index (χ2n) is 4.41. The minimum absolute atomic E-state index is 0.0419. The number of nitrogens with zero attached hydrogens (tertiary/aromatic N) is 2. The van der Waals surface area contributed by atoms with E-state index in [0.29, 0.717) is 24.5 Å². The molecular formula is C12H16N4O2. The van der Waals surface area contributed by atoms with Gasteiger partial charge in [-0.25, -0.2) is 4.98 Å². The number of carbonyl (C=O) groups excluding carboxylic acids is 2. The quantitative estimate of drug-likeness (QED) is 0.772. The SMILES string of the molecule is CC(=O)NC1CCN(C(=O)c2ccc(N)cn2)C1. The Labute approximate surface area is 105 Å². The van der Waals surface area contributed by atoms with Crippen molar-refractivity contribution in [2.24, 2.45) is 0 Å². The molecule has 1 unspecified atom stereocenters. The van der Waals surface area contributed by atoms with Gasteiger partial charge in [0.1, 0.15) is 5.69 Å². The molecule has 0 aliphatic carbocycles. The van der Waals surface area contributed by atoms with Gasteiger partial charge in [0.2, 0.25) is 5.91 Å². The van der Waals surface area contributed by atoms with Crippen LogP contribution in [0.4, 0.5) is 5.69 Å². The van der Waals surface area contributed by atoms with Gasteiger partial charge in [0, 0.05) is 26.1 Å². The van der Waals surface area contributed by atoms with E-state index in [2.05, 4.69) is 10.3 Å². The largest absolute Gasteiger partial charge is 0.397 e. The lowest BCUT2D eigenvalue weighted by Crippen LogP contribution is -2.37. The fourth-order valence-corrected chi connectivity index (χ4v) is 2.04. The zero-order chi connectivity index (χ0) is 13.1. The molecule has 2 rings (SSSR count). The number of nitrogen functional groups attached to an aromatic ring is 1. The van der Waals surface area contributed by atoms with E-state index in [0.717, 1.165) is 6.42 Å². The van der Waals surface area contributed by atoms with Gasteiger partial charge < -0.3 is 16.0 Å². The highest BCUT2D eigenvalue weighted by atomic mass is 16.2. The van der Waals surface area contributed by atoms with Crippen LogP contribution in [0.5, 0.6) is 0 Å². The number of anilines is 1. The standard InChI is InChI=1S/C12H16N4O2/c1-8(17)15-10-4-5-16(7-10)12(18)11-3-2-9(13)6-14-11/h2-3,6,10H,4-5,7,13H2,1H3,(H,15,17). The Kier molecular flexibility index (Phi) is 3.45. The molecule has 2 heterocycles. The van der Waals surface area contributed by atoms with Crippen molar-refractivity contribution in [3.63, 3.8) is 0 Å². The molecule has 1 aromatic rings. The Bertz CT molecular complexity index is 458. The molecule has 6 heteroatoms. The molecule has 18 heavy (non-hydrogen) atoms. The average molecular weight is 248 g/mol. The van der Waals surface area contributed by atoms with Crippen molar-refractivity contribution in [2.45, 2.75) is 19.4 Å². The van der Waals surface area contributed by atoms with Crippen molar-refractivity contribution in [3.8, 4) is 0 Å². The van der Waals surface area contributed by atoms with Gasteiger partial charge in [0.05, 0.1) is 11.9 Å². The number of pyridine rings is 1. The van der Waals surface area contributed by atoms with E-state index < -0.39 is 0 Å². The summed E-state index contributed by atoms with van der Waals surface area (Å²) >= 11 is 0. The molecule has 1 fully saturated rings. The molecule has 0 aromatic carbocycles. The number of hydrogen-bond acceptors (Lipinski definition) is 4. The Morgan fingerprint density at radius 2 is 2.28 bits per heavy atom. The summed E-state index contributed by atoms with van der Waals surface area (Å²) in [6, 6.07) is 3.31. The number of likely N-dealkylation sites (tertiary alicyclic amines) is 1. The summed E-state index contributed by atoms with van der Waals surface area (Å²) in [6.07, 6.45) is 2.24. The third-order valence-electron chi connectivity index (χ3n) is 2.89. The van der Waals surface area contributed by atoms with E-state index in [1.165, 1.54) is 13.1 Å². The van der Waals surface area contributed by atoms with Crippen LogP contribution >= 0.6 is 0 Å². The van der Waals surface area contributed by atoms with Crippen LogP contribution in [0.2, 0.25) is 0 Å². The summed E-state index contributed by atoms with van der Waals surface area (Å²) in [5.74, 6) is -0.192. The third-order valence-corrected chi connectivity index (χ3v) is 2.89. The summed E-state index contributed by atoms with van der Waals surface area (Å²) in [6.45, 7) is 2.65. The molecule has 6 nitrogen and oxygen atoms in total. The van der Waals surface area contributed by atoms with Gasteiger partial charge in [-0.1, -0.05) is 0 Å². The molecule has 0 bridgehead atoms. The van der Waals surface area contributed by atoms with E-state index in [9.17, 15) is 9.59 Å². The highest BCUT2D eigenvalue weighted by Crippen LogP contribution is 2.13. The first-order valence-electron chi connectivity index (χ1n) is 5.84. The molecule has 1 saturated heterocycles. The maximum atomic E-state index is 12.1. The molecule has 2 amide bonds. The van der Waals surface area contributed by atoms with Crippen molar-refractivity contribution in [1.82, 2.24) is 15.2 Å². The van der Waals surface area contributed by atoms with E-state index in [1.807, 2.05) is 0 Å². The van der Waals surface area contributed by atoms with Crippen molar-refractivity contribution < 1.29 is 9.59 Å². The van der Waals surface area contributed by atoms with Gasteiger partial charge in [0.15, 0.2) is 0 Å². The normalized spacial score (nSPS) is 18.7. The van der Waals surface area contributed by atoms with E-state index >= 15 is 0 Å². The maximum Gasteiger partial charge on any atom is 0.272 e. The van der Waals surface area contributed by atoms with Crippen LogP contribution in [0.25, 0.3) is 0 Å². The Hall–Kier alpha value is -2.11. The Morgan fingerprint density at radius 3 is 2.89 bits per heavy atom. The number of aromatic nitrogens is 1. The van der Waals surface area contributed by atoms with E-state index in [-0.39, 0.29) is 17.9 Å². The van der Waals surface area contributed by atoms with Crippen molar-refractivity contribution >= 4 is 17.5 Å². The Morgan fingerprint density at radius 1 is 1.50 bits per heavy atom. The molecule has 0 spiro atoms. The zero-order valence-electron chi connectivity index (χ0n) is 10.2. The predicted octanol–water partition coefficient (Wildman–Crippen LogP) is 0.0144. The average Bonchev–Trinajstić information content (AvgIpc) is 2.76. The van der Waals surface area contributed by atoms with Crippen LogP contribution in [-0.4, -0.2) is 40.8 Å². The number of nitrogens with one attached hydrogen (secondary N) is 1. The Balaban J connectivity index is 1.99. The maximum absolute atomic E-state index is 12.1. The lowest BCUT2D eigenvalue weighted by molar-refractivity contribution is -0.119. The summed E-state index contributed by atoms with van der Waals surface area (Å²) in [4.78, 5) is 28.7. The van der Waals surface area contributed by atoms with Crippen LogP contribution in [0.3, 0.4) is 0 Å². The molecule has 96 valence electrons. The third kappa shape index (κ3) is 2.77. The van der Waals surface area contributed by atoms with Crippen LogP contribution in [0.15, 0.2) is 18.3 Å². The lowest BCUT2D eigenvalue weighted by atomic mass is 10.2. The molecule has 0 radical (unpaired) electrons. The topological polar surface area (TPSA) is 88.3 Å². The second-order valence-corrected chi connectivity index (χ2v) is 4.41. The number of nitrogens with two attached hydrogens (primary N) is 1. The first-order chi connectivity index (χ1) is 8.56. The predicted molar refractivity (Wildman–Crippen MR) is 66.8 cm³/mol. The summed E-state index contributed by atoms with van der Waals surface area (Å²) in [5.41, 5.74) is 6.44. The highest BCUT2D eigenvalue weighted by molar-refractivity contribution is 5.92. The lowest BCUT2D eigenvalue weighted by Gasteiger charge is -2.16. The fourth-order valence-electron chi connectivity index (χ4n) is 2.04. The zero-order valence-corrected chi connectivity index (χ0v) is 10.2. The molecule has 1 aliphatic heterocycles. The van der Waals surface area contributed by atoms with E-state index in [1.54, 1.807) is 17.0 Å². The van der Waals surface area contributed by atoms with E-state index in [4.69, 9.17) is 5.73 Å². The second kappa shape index (κ2) is 5.03. The number of carbonyl (C=O) groups is 2. The van der Waals surface area contributed by atoms with Gasteiger partial charge >= 0.3 is 0 Å². The first-order valence-corrected chi connectivity index (χ1v) is 5.84. The van der Waals surface area contributed by atoms with Gasteiger partial charge in [-0.05, 0) is 18.6 Å². The fraction of sp³-hybridized carbons (Fsp3) is 0.417. The molecule has 1 aliphatic rings. The highest BCUT2D eigenvalue weighted by Gasteiger charge is 2.27.